The van der Waals surface area contributed by atoms with E-state index in [2.05, 4.69) is 0 Å². The van der Waals surface area contributed by atoms with Gasteiger partial charge in [-0.25, -0.2) is 0 Å². The molecular formula is C25H30N2O4. The van der Waals surface area contributed by atoms with Crippen molar-refractivity contribution < 1.29 is 19.1 Å². The van der Waals surface area contributed by atoms with E-state index in [4.69, 9.17) is 9.47 Å². The molecule has 6 heteroatoms. The number of piperidine rings is 1. The molecule has 0 saturated carbocycles. The van der Waals surface area contributed by atoms with E-state index >= 15 is 0 Å². The number of benzene rings is 2. The van der Waals surface area contributed by atoms with Gasteiger partial charge in [-0.15, -0.1) is 0 Å². The summed E-state index contributed by atoms with van der Waals surface area (Å²) in [5.74, 6) is 1.36. The van der Waals surface area contributed by atoms with Gasteiger partial charge in [0.15, 0.2) is 0 Å². The second-order valence-corrected chi connectivity index (χ2v) is 8.34. The molecule has 0 N–H and O–H groups in total. The molecule has 0 radical (unpaired) electrons. The molecule has 0 unspecified atom stereocenters. The average molecular weight is 423 g/mol. The molecule has 0 bridgehead atoms. The van der Waals surface area contributed by atoms with Crippen molar-refractivity contribution in [1.82, 2.24) is 9.80 Å². The Morgan fingerprint density at radius 2 is 1.35 bits per heavy atom. The summed E-state index contributed by atoms with van der Waals surface area (Å²) in [6, 6.07) is 15.2. The van der Waals surface area contributed by atoms with Crippen LogP contribution < -0.4 is 4.74 Å². The number of nitrogens with zero attached hydrogens (tertiary/aromatic N) is 2. The summed E-state index contributed by atoms with van der Waals surface area (Å²) in [5.41, 5.74) is 2.59. The van der Waals surface area contributed by atoms with Gasteiger partial charge in [0.2, 0.25) is 0 Å². The zero-order chi connectivity index (χ0) is 21.6. The molecule has 2 aromatic rings. The van der Waals surface area contributed by atoms with Crippen LogP contribution in [0.5, 0.6) is 5.75 Å². The molecule has 31 heavy (non-hydrogen) atoms. The molecule has 2 amide bonds. The van der Waals surface area contributed by atoms with Gasteiger partial charge in [-0.1, -0.05) is 17.7 Å². The first-order valence-corrected chi connectivity index (χ1v) is 11.1. The van der Waals surface area contributed by atoms with Crippen LogP contribution in [0.25, 0.3) is 0 Å². The van der Waals surface area contributed by atoms with Gasteiger partial charge in [-0.05, 0) is 62.1 Å². The van der Waals surface area contributed by atoms with Crippen molar-refractivity contribution in [2.75, 3.05) is 46.0 Å². The summed E-state index contributed by atoms with van der Waals surface area (Å²) in [7, 11) is 0. The van der Waals surface area contributed by atoms with Crippen molar-refractivity contribution in [2.45, 2.75) is 19.8 Å². The molecule has 2 aliphatic heterocycles. The lowest BCUT2D eigenvalue weighted by molar-refractivity contribution is 0.0303. The lowest BCUT2D eigenvalue weighted by Gasteiger charge is -2.32. The first-order valence-electron chi connectivity index (χ1n) is 11.1. The lowest BCUT2D eigenvalue weighted by atomic mass is 9.97. The average Bonchev–Trinajstić information content (AvgIpc) is 2.83. The number of morpholine rings is 1. The highest BCUT2D eigenvalue weighted by Crippen LogP contribution is 2.22. The Morgan fingerprint density at radius 1 is 0.839 bits per heavy atom. The van der Waals surface area contributed by atoms with Crippen LogP contribution in [-0.2, 0) is 4.74 Å². The van der Waals surface area contributed by atoms with E-state index in [9.17, 15) is 9.59 Å². The van der Waals surface area contributed by atoms with Gasteiger partial charge >= 0.3 is 0 Å². The minimum atomic E-state index is 0.0421. The summed E-state index contributed by atoms with van der Waals surface area (Å²) in [5, 5.41) is 0. The van der Waals surface area contributed by atoms with Gasteiger partial charge in [-0.3, -0.25) is 9.59 Å². The Labute approximate surface area is 183 Å². The lowest BCUT2D eigenvalue weighted by Crippen LogP contribution is -2.40. The maximum Gasteiger partial charge on any atom is 0.254 e. The van der Waals surface area contributed by atoms with Gasteiger partial charge in [0.05, 0.1) is 19.8 Å². The largest absolute Gasteiger partial charge is 0.493 e. The van der Waals surface area contributed by atoms with Crippen LogP contribution >= 0.6 is 0 Å². The molecule has 6 nitrogen and oxygen atoms in total. The fourth-order valence-corrected chi connectivity index (χ4v) is 4.04. The van der Waals surface area contributed by atoms with E-state index in [0.717, 1.165) is 42.8 Å². The standard InChI is InChI=1S/C25H30N2O4/c1-19-2-4-21(5-3-19)24(28)26-12-10-20(11-13-26)18-31-23-8-6-22(7-9-23)25(29)27-14-16-30-17-15-27/h2-9,20H,10-18H2,1H3. The predicted octanol–water partition coefficient (Wildman–Crippen LogP) is 3.40. The zero-order valence-corrected chi connectivity index (χ0v) is 18.1. The summed E-state index contributed by atoms with van der Waals surface area (Å²) < 4.78 is 11.3. The molecule has 2 aromatic carbocycles. The van der Waals surface area contributed by atoms with E-state index in [0.29, 0.717) is 44.4 Å². The molecule has 0 spiro atoms. The van der Waals surface area contributed by atoms with Gasteiger partial charge in [0.1, 0.15) is 5.75 Å². The first kappa shape index (κ1) is 21.4. The van der Waals surface area contributed by atoms with Crippen LogP contribution in [0.4, 0.5) is 0 Å². The van der Waals surface area contributed by atoms with Crippen LogP contribution in [0.15, 0.2) is 48.5 Å². The summed E-state index contributed by atoms with van der Waals surface area (Å²) in [6.45, 7) is 6.65. The third-order valence-electron chi connectivity index (χ3n) is 6.09. The molecule has 0 aliphatic carbocycles. The highest BCUT2D eigenvalue weighted by atomic mass is 16.5. The van der Waals surface area contributed by atoms with Crippen LogP contribution in [0.1, 0.15) is 39.1 Å². The van der Waals surface area contributed by atoms with E-state index in [1.807, 2.05) is 65.3 Å². The molecule has 2 heterocycles. The van der Waals surface area contributed by atoms with Crippen LogP contribution in [0.2, 0.25) is 0 Å². The highest BCUT2D eigenvalue weighted by Gasteiger charge is 2.24. The number of rotatable bonds is 5. The summed E-state index contributed by atoms with van der Waals surface area (Å²) in [6.07, 6.45) is 1.87. The number of amides is 2. The number of carbonyl (C=O) groups excluding carboxylic acids is 2. The fraction of sp³-hybridized carbons (Fsp3) is 0.440. The SMILES string of the molecule is Cc1ccc(C(=O)N2CCC(COc3ccc(C(=O)N4CCOCC4)cc3)CC2)cc1. The Kier molecular flexibility index (Phi) is 6.87. The van der Waals surface area contributed by atoms with Crippen LogP contribution in [-0.4, -0.2) is 67.6 Å². The van der Waals surface area contributed by atoms with Crippen molar-refractivity contribution in [1.29, 1.82) is 0 Å². The highest BCUT2D eigenvalue weighted by molar-refractivity contribution is 5.94. The Morgan fingerprint density at radius 3 is 1.94 bits per heavy atom. The number of hydrogen-bond acceptors (Lipinski definition) is 4. The Hall–Kier alpha value is -2.86. The van der Waals surface area contributed by atoms with Crippen LogP contribution in [0, 0.1) is 12.8 Å². The molecule has 0 aromatic heterocycles. The first-order chi connectivity index (χ1) is 15.1. The molecule has 2 fully saturated rings. The minimum Gasteiger partial charge on any atom is -0.493 e. The van der Waals surface area contributed by atoms with Gasteiger partial charge in [0.25, 0.3) is 11.8 Å². The molecule has 2 aliphatic rings. The number of likely N-dealkylation sites (tertiary alicyclic amines) is 1. The summed E-state index contributed by atoms with van der Waals surface area (Å²) in [4.78, 5) is 28.9. The van der Waals surface area contributed by atoms with Gasteiger partial charge < -0.3 is 19.3 Å². The maximum absolute atomic E-state index is 12.7. The third kappa shape index (κ3) is 5.44. The van der Waals surface area contributed by atoms with E-state index in [1.54, 1.807) is 0 Å². The smallest absolute Gasteiger partial charge is 0.254 e. The number of carbonyl (C=O) groups is 2. The fourth-order valence-electron chi connectivity index (χ4n) is 4.04. The molecule has 0 atom stereocenters. The zero-order valence-electron chi connectivity index (χ0n) is 18.1. The van der Waals surface area contributed by atoms with Crippen molar-refractivity contribution in [3.8, 4) is 5.75 Å². The maximum atomic E-state index is 12.7. The van der Waals surface area contributed by atoms with E-state index in [-0.39, 0.29) is 11.8 Å². The predicted molar refractivity (Wildman–Crippen MR) is 118 cm³/mol. The van der Waals surface area contributed by atoms with E-state index in [1.165, 1.54) is 0 Å². The Balaban J connectivity index is 1.23. The van der Waals surface area contributed by atoms with Crippen LogP contribution in [0.3, 0.4) is 0 Å². The Bertz CT molecular complexity index is 881. The number of ether oxygens (including phenoxy) is 2. The number of hydrogen-bond donors (Lipinski definition) is 0. The van der Waals surface area contributed by atoms with E-state index < -0.39 is 0 Å². The van der Waals surface area contributed by atoms with Crippen molar-refractivity contribution in [3.05, 3.63) is 65.2 Å². The summed E-state index contributed by atoms with van der Waals surface area (Å²) >= 11 is 0. The molecule has 4 rings (SSSR count). The molecule has 2 saturated heterocycles. The second kappa shape index (κ2) is 9.96. The monoisotopic (exact) mass is 422 g/mol. The molecule has 164 valence electrons. The molecular weight excluding hydrogens is 392 g/mol. The minimum absolute atomic E-state index is 0.0421. The van der Waals surface area contributed by atoms with Crippen molar-refractivity contribution >= 4 is 11.8 Å². The van der Waals surface area contributed by atoms with Gasteiger partial charge in [0, 0.05) is 37.3 Å². The normalized spacial score (nSPS) is 17.5. The second-order valence-electron chi connectivity index (χ2n) is 8.34. The number of aryl methyl sites for hydroxylation is 1. The third-order valence-corrected chi connectivity index (χ3v) is 6.09. The van der Waals surface area contributed by atoms with Crippen molar-refractivity contribution in [3.63, 3.8) is 0 Å². The topological polar surface area (TPSA) is 59.1 Å². The van der Waals surface area contributed by atoms with Crippen molar-refractivity contribution in [2.24, 2.45) is 5.92 Å². The quantitative estimate of drug-likeness (QED) is 0.741. The van der Waals surface area contributed by atoms with Gasteiger partial charge in [-0.2, -0.15) is 0 Å².